The van der Waals surface area contributed by atoms with Gasteiger partial charge in [-0.2, -0.15) is 0 Å². The van der Waals surface area contributed by atoms with Crippen molar-refractivity contribution in [1.29, 1.82) is 0 Å². The second kappa shape index (κ2) is 11.8. The van der Waals surface area contributed by atoms with Gasteiger partial charge in [-0.05, 0) is 62.3 Å². The summed E-state index contributed by atoms with van der Waals surface area (Å²) in [7, 11) is 0. The molecular weight excluding hydrogens is 360 g/mol. The predicted molar refractivity (Wildman–Crippen MR) is 102 cm³/mol. The molecule has 1 aromatic carbocycles. The van der Waals surface area contributed by atoms with Gasteiger partial charge in [0.15, 0.2) is 0 Å². The molecule has 1 fully saturated rings. The van der Waals surface area contributed by atoms with Crippen molar-refractivity contribution in [1.82, 2.24) is 15.0 Å². The SMILES string of the molecule is NCC1CCC(C(=O)Oc2ccc(CCC(=O)O)cc2)CC1.c1ncncn1. The summed E-state index contributed by atoms with van der Waals surface area (Å²) in [6, 6.07) is 7.05. The maximum Gasteiger partial charge on any atom is 0.314 e. The fourth-order valence-corrected chi connectivity index (χ4v) is 3.01. The van der Waals surface area contributed by atoms with Crippen LogP contribution < -0.4 is 10.5 Å². The summed E-state index contributed by atoms with van der Waals surface area (Å²) in [5.41, 5.74) is 6.57. The van der Waals surface area contributed by atoms with Crippen molar-refractivity contribution >= 4 is 11.9 Å². The van der Waals surface area contributed by atoms with E-state index in [1.165, 1.54) is 19.0 Å². The van der Waals surface area contributed by atoms with Crippen LogP contribution in [0.3, 0.4) is 0 Å². The fourth-order valence-electron chi connectivity index (χ4n) is 3.01. The highest BCUT2D eigenvalue weighted by Gasteiger charge is 2.27. The second-order valence-corrected chi connectivity index (χ2v) is 6.71. The fraction of sp³-hybridized carbons (Fsp3) is 0.450. The Morgan fingerprint density at radius 1 is 1.00 bits per heavy atom. The summed E-state index contributed by atoms with van der Waals surface area (Å²) in [6.07, 6.45) is 8.56. The maximum absolute atomic E-state index is 12.1. The van der Waals surface area contributed by atoms with E-state index in [4.69, 9.17) is 15.6 Å². The van der Waals surface area contributed by atoms with E-state index in [0.29, 0.717) is 24.6 Å². The normalized spacial score (nSPS) is 18.5. The van der Waals surface area contributed by atoms with E-state index in [1.54, 1.807) is 24.3 Å². The van der Waals surface area contributed by atoms with Crippen molar-refractivity contribution in [3.8, 4) is 5.75 Å². The van der Waals surface area contributed by atoms with E-state index in [1.807, 2.05) is 0 Å². The molecule has 2 aromatic rings. The highest BCUT2D eigenvalue weighted by molar-refractivity contribution is 5.75. The number of esters is 1. The summed E-state index contributed by atoms with van der Waals surface area (Å²) in [6.45, 7) is 0.694. The van der Waals surface area contributed by atoms with E-state index in [-0.39, 0.29) is 18.3 Å². The Labute approximate surface area is 164 Å². The third-order valence-corrected chi connectivity index (χ3v) is 4.68. The Balaban J connectivity index is 0.000000397. The Kier molecular flexibility index (Phi) is 9.00. The van der Waals surface area contributed by atoms with Crippen LogP contribution in [-0.4, -0.2) is 38.5 Å². The van der Waals surface area contributed by atoms with Crippen LogP contribution in [0.2, 0.25) is 0 Å². The minimum Gasteiger partial charge on any atom is -0.481 e. The molecular formula is C20H26N4O4. The molecule has 1 aliphatic rings. The number of carboxylic acid groups (broad SMARTS) is 1. The second-order valence-electron chi connectivity index (χ2n) is 6.71. The van der Waals surface area contributed by atoms with Crippen LogP contribution in [0.15, 0.2) is 43.2 Å². The zero-order valence-electron chi connectivity index (χ0n) is 15.7. The molecule has 8 nitrogen and oxygen atoms in total. The molecule has 1 heterocycles. The Hall–Kier alpha value is -2.87. The number of carbonyl (C=O) groups excluding carboxylic acids is 1. The number of aryl methyl sites for hydroxylation is 1. The molecule has 0 aliphatic heterocycles. The smallest absolute Gasteiger partial charge is 0.314 e. The highest BCUT2D eigenvalue weighted by atomic mass is 16.5. The quantitative estimate of drug-likeness (QED) is 0.571. The first kappa shape index (κ1) is 21.4. The van der Waals surface area contributed by atoms with Crippen LogP contribution in [0.25, 0.3) is 0 Å². The number of aliphatic carboxylic acids is 1. The summed E-state index contributed by atoms with van der Waals surface area (Å²) in [5.74, 6) is 0.0365. The number of hydrogen-bond donors (Lipinski definition) is 2. The number of ether oxygens (including phenoxy) is 1. The maximum atomic E-state index is 12.1. The van der Waals surface area contributed by atoms with Crippen molar-refractivity contribution in [2.75, 3.05) is 6.54 Å². The zero-order valence-corrected chi connectivity index (χ0v) is 15.7. The van der Waals surface area contributed by atoms with Gasteiger partial charge in [0.05, 0.1) is 5.92 Å². The molecule has 150 valence electrons. The van der Waals surface area contributed by atoms with Gasteiger partial charge in [-0.3, -0.25) is 9.59 Å². The lowest BCUT2D eigenvalue weighted by atomic mass is 9.82. The summed E-state index contributed by atoms with van der Waals surface area (Å²) in [4.78, 5) is 33.3. The first-order valence-electron chi connectivity index (χ1n) is 9.36. The van der Waals surface area contributed by atoms with Crippen molar-refractivity contribution < 1.29 is 19.4 Å². The lowest BCUT2D eigenvalue weighted by Gasteiger charge is -2.26. The summed E-state index contributed by atoms with van der Waals surface area (Å²) >= 11 is 0. The minimum absolute atomic E-state index is 0.0329. The molecule has 8 heteroatoms. The lowest BCUT2D eigenvalue weighted by molar-refractivity contribution is -0.140. The van der Waals surface area contributed by atoms with E-state index < -0.39 is 5.97 Å². The van der Waals surface area contributed by atoms with E-state index >= 15 is 0 Å². The number of benzene rings is 1. The van der Waals surface area contributed by atoms with Gasteiger partial charge in [-0.1, -0.05) is 12.1 Å². The molecule has 1 aliphatic carbocycles. The molecule has 3 N–H and O–H groups in total. The van der Waals surface area contributed by atoms with Crippen LogP contribution in [0, 0.1) is 11.8 Å². The van der Waals surface area contributed by atoms with Gasteiger partial charge in [0, 0.05) is 6.42 Å². The van der Waals surface area contributed by atoms with E-state index in [9.17, 15) is 9.59 Å². The molecule has 0 saturated heterocycles. The average molecular weight is 386 g/mol. The molecule has 1 saturated carbocycles. The first-order chi connectivity index (χ1) is 13.6. The monoisotopic (exact) mass is 386 g/mol. The van der Waals surface area contributed by atoms with Crippen LogP contribution in [0.1, 0.15) is 37.7 Å². The van der Waals surface area contributed by atoms with Gasteiger partial charge in [0.25, 0.3) is 0 Å². The number of rotatable bonds is 6. The molecule has 28 heavy (non-hydrogen) atoms. The minimum atomic E-state index is -0.816. The van der Waals surface area contributed by atoms with Crippen molar-refractivity contribution in [2.45, 2.75) is 38.5 Å². The van der Waals surface area contributed by atoms with Gasteiger partial charge >= 0.3 is 11.9 Å². The molecule has 3 rings (SSSR count). The van der Waals surface area contributed by atoms with Crippen LogP contribution in [0.5, 0.6) is 5.75 Å². The van der Waals surface area contributed by atoms with Gasteiger partial charge in [0.1, 0.15) is 24.7 Å². The summed E-state index contributed by atoms with van der Waals surface area (Å²) in [5, 5.41) is 8.65. The number of nitrogens with two attached hydrogens (primary N) is 1. The highest BCUT2D eigenvalue weighted by Crippen LogP contribution is 2.29. The number of aromatic nitrogens is 3. The third kappa shape index (κ3) is 7.79. The molecule has 0 unspecified atom stereocenters. The molecule has 0 atom stereocenters. The lowest BCUT2D eigenvalue weighted by Crippen LogP contribution is -2.28. The molecule has 0 amide bonds. The Morgan fingerprint density at radius 2 is 1.57 bits per heavy atom. The standard InChI is InChI=1S/C17H23NO4.C3H3N3/c18-11-13-1-6-14(7-2-13)17(21)22-15-8-3-12(4-9-15)5-10-16(19)20;1-4-2-6-3-5-1/h3-4,8-9,13-14H,1-2,5-7,10-11,18H2,(H,19,20);1-3H. The van der Waals surface area contributed by atoms with Gasteiger partial charge in [0.2, 0.25) is 0 Å². The number of carboxylic acids is 1. The van der Waals surface area contributed by atoms with Crippen LogP contribution in [0.4, 0.5) is 0 Å². The third-order valence-electron chi connectivity index (χ3n) is 4.68. The molecule has 0 spiro atoms. The van der Waals surface area contributed by atoms with Crippen molar-refractivity contribution in [2.24, 2.45) is 17.6 Å². The van der Waals surface area contributed by atoms with Gasteiger partial charge in [-0.25, -0.2) is 15.0 Å². The number of nitrogens with zero attached hydrogens (tertiary/aromatic N) is 3. The summed E-state index contributed by atoms with van der Waals surface area (Å²) < 4.78 is 5.42. The predicted octanol–water partition coefficient (Wildman–Crippen LogP) is 2.25. The Morgan fingerprint density at radius 3 is 2.04 bits per heavy atom. The number of carbonyl (C=O) groups is 2. The van der Waals surface area contributed by atoms with Crippen molar-refractivity contribution in [3.05, 3.63) is 48.8 Å². The average Bonchev–Trinajstić information content (AvgIpc) is 2.75. The largest absolute Gasteiger partial charge is 0.481 e. The zero-order chi connectivity index (χ0) is 20.2. The molecule has 1 aromatic heterocycles. The molecule has 0 radical (unpaired) electrons. The number of hydrogen-bond acceptors (Lipinski definition) is 7. The van der Waals surface area contributed by atoms with Crippen LogP contribution >= 0.6 is 0 Å². The van der Waals surface area contributed by atoms with E-state index in [0.717, 1.165) is 31.2 Å². The van der Waals surface area contributed by atoms with Crippen molar-refractivity contribution in [3.63, 3.8) is 0 Å². The Bertz CT molecular complexity index is 690. The molecule has 0 bridgehead atoms. The van der Waals surface area contributed by atoms with Gasteiger partial charge in [-0.15, -0.1) is 0 Å². The van der Waals surface area contributed by atoms with Gasteiger partial charge < -0.3 is 15.6 Å². The topological polar surface area (TPSA) is 128 Å². The van der Waals surface area contributed by atoms with E-state index in [2.05, 4.69) is 15.0 Å². The van der Waals surface area contributed by atoms with Crippen LogP contribution in [-0.2, 0) is 16.0 Å². The first-order valence-corrected chi connectivity index (χ1v) is 9.36.